The van der Waals surface area contributed by atoms with Crippen molar-refractivity contribution in [2.45, 2.75) is 5.92 Å². The third-order valence-electron chi connectivity index (χ3n) is 2.17. The molecular weight excluding hydrogens is 176 g/mol. The molecule has 2 rings (SSSR count). The van der Waals surface area contributed by atoms with Crippen molar-refractivity contribution in [1.29, 1.82) is 0 Å². The van der Waals surface area contributed by atoms with Gasteiger partial charge in [-0.2, -0.15) is 0 Å². The molecule has 2 heterocycles. The number of rotatable bonds is 3. The summed E-state index contributed by atoms with van der Waals surface area (Å²) in [6.07, 6.45) is 7.10. The molecule has 0 amide bonds. The van der Waals surface area contributed by atoms with Crippen molar-refractivity contribution in [3.8, 4) is 0 Å². The van der Waals surface area contributed by atoms with Crippen LogP contribution < -0.4 is 5.73 Å². The van der Waals surface area contributed by atoms with E-state index in [9.17, 15) is 0 Å². The molecular formula is C10H12N4. The van der Waals surface area contributed by atoms with E-state index in [-0.39, 0.29) is 5.92 Å². The molecule has 0 fully saturated rings. The fourth-order valence-corrected chi connectivity index (χ4v) is 1.46. The molecule has 0 aliphatic carbocycles. The van der Waals surface area contributed by atoms with E-state index in [1.165, 1.54) is 0 Å². The molecule has 72 valence electrons. The highest BCUT2D eigenvalue weighted by Crippen LogP contribution is 2.18. The minimum Gasteiger partial charge on any atom is -0.348 e. The van der Waals surface area contributed by atoms with Crippen LogP contribution in [0, 0.1) is 0 Å². The normalized spacial score (nSPS) is 12.6. The maximum absolute atomic E-state index is 5.71. The Morgan fingerprint density at radius 2 is 2.36 bits per heavy atom. The predicted octanol–water partition coefficient (Wildman–Crippen LogP) is 0.895. The molecule has 2 aromatic heterocycles. The third-order valence-corrected chi connectivity index (χ3v) is 2.17. The minimum atomic E-state index is 0.110. The molecule has 0 aliphatic heterocycles. The molecule has 0 bridgehead atoms. The van der Waals surface area contributed by atoms with E-state index in [1.807, 2.05) is 18.3 Å². The van der Waals surface area contributed by atoms with Gasteiger partial charge in [0.15, 0.2) is 0 Å². The maximum Gasteiger partial charge on any atom is 0.114 e. The number of hydrogen-bond donors (Lipinski definition) is 2. The van der Waals surface area contributed by atoms with Gasteiger partial charge in [0, 0.05) is 31.3 Å². The fourth-order valence-electron chi connectivity index (χ4n) is 1.46. The SMILES string of the molecule is NCC(c1cccnc1)c1ncc[nH]1. The topological polar surface area (TPSA) is 67.6 Å². The Hall–Kier alpha value is -1.68. The van der Waals surface area contributed by atoms with Crippen LogP contribution in [0.1, 0.15) is 17.3 Å². The molecule has 0 aromatic carbocycles. The second-order valence-electron chi connectivity index (χ2n) is 3.05. The van der Waals surface area contributed by atoms with Crippen molar-refractivity contribution in [1.82, 2.24) is 15.0 Å². The molecule has 4 nitrogen and oxygen atoms in total. The van der Waals surface area contributed by atoms with E-state index in [1.54, 1.807) is 18.6 Å². The number of nitrogens with zero attached hydrogens (tertiary/aromatic N) is 2. The summed E-state index contributed by atoms with van der Waals surface area (Å²) < 4.78 is 0. The zero-order chi connectivity index (χ0) is 9.80. The van der Waals surface area contributed by atoms with Gasteiger partial charge < -0.3 is 10.7 Å². The Bertz CT molecular complexity index is 368. The van der Waals surface area contributed by atoms with Crippen LogP contribution in [0.5, 0.6) is 0 Å². The lowest BCUT2D eigenvalue weighted by Gasteiger charge is -2.11. The van der Waals surface area contributed by atoms with E-state index in [2.05, 4.69) is 15.0 Å². The van der Waals surface area contributed by atoms with Gasteiger partial charge in [-0.25, -0.2) is 4.98 Å². The lowest BCUT2D eigenvalue weighted by molar-refractivity contribution is 0.761. The summed E-state index contributed by atoms with van der Waals surface area (Å²) in [5.74, 6) is 0.999. The summed E-state index contributed by atoms with van der Waals surface area (Å²) in [4.78, 5) is 11.3. The van der Waals surface area contributed by atoms with Crippen LogP contribution in [-0.4, -0.2) is 21.5 Å². The number of aromatic amines is 1. The van der Waals surface area contributed by atoms with E-state index in [4.69, 9.17) is 5.73 Å². The van der Waals surface area contributed by atoms with Gasteiger partial charge in [0.1, 0.15) is 5.82 Å². The first-order chi connectivity index (χ1) is 6.92. The number of H-pyrrole nitrogens is 1. The number of pyridine rings is 1. The van der Waals surface area contributed by atoms with Gasteiger partial charge in [-0.3, -0.25) is 4.98 Å². The number of imidazole rings is 1. The summed E-state index contributed by atoms with van der Waals surface area (Å²) in [5.41, 5.74) is 6.80. The molecule has 0 radical (unpaired) electrons. The van der Waals surface area contributed by atoms with Crippen molar-refractivity contribution in [3.05, 3.63) is 48.3 Å². The third kappa shape index (κ3) is 1.65. The van der Waals surface area contributed by atoms with Gasteiger partial charge in [-0.1, -0.05) is 6.07 Å². The second kappa shape index (κ2) is 4.02. The number of nitrogens with two attached hydrogens (primary N) is 1. The molecule has 2 aromatic rings. The standard InChI is InChI=1S/C10H12N4/c11-6-9(10-13-4-5-14-10)8-2-1-3-12-7-8/h1-5,7,9H,6,11H2,(H,13,14). The molecule has 0 saturated heterocycles. The zero-order valence-corrected chi connectivity index (χ0v) is 7.72. The van der Waals surface area contributed by atoms with Crippen LogP contribution >= 0.6 is 0 Å². The van der Waals surface area contributed by atoms with E-state index >= 15 is 0 Å². The van der Waals surface area contributed by atoms with Crippen LogP contribution in [-0.2, 0) is 0 Å². The fraction of sp³-hybridized carbons (Fsp3) is 0.200. The lowest BCUT2D eigenvalue weighted by atomic mass is 10.0. The Morgan fingerprint density at radius 3 is 2.93 bits per heavy atom. The van der Waals surface area contributed by atoms with Crippen LogP contribution in [0.2, 0.25) is 0 Å². The van der Waals surface area contributed by atoms with Gasteiger partial charge in [0.25, 0.3) is 0 Å². The Balaban J connectivity index is 2.31. The summed E-state index contributed by atoms with van der Waals surface area (Å²) in [6.45, 7) is 0.527. The summed E-state index contributed by atoms with van der Waals surface area (Å²) in [5, 5.41) is 0. The summed E-state index contributed by atoms with van der Waals surface area (Å²) in [7, 11) is 0. The van der Waals surface area contributed by atoms with Crippen molar-refractivity contribution in [2.75, 3.05) is 6.54 Å². The number of nitrogens with one attached hydrogen (secondary N) is 1. The second-order valence-corrected chi connectivity index (χ2v) is 3.05. The van der Waals surface area contributed by atoms with E-state index < -0.39 is 0 Å². The first-order valence-electron chi connectivity index (χ1n) is 4.51. The van der Waals surface area contributed by atoms with E-state index in [0.29, 0.717) is 6.54 Å². The smallest absolute Gasteiger partial charge is 0.114 e. The Morgan fingerprint density at radius 1 is 1.43 bits per heavy atom. The summed E-state index contributed by atoms with van der Waals surface area (Å²) >= 11 is 0. The molecule has 14 heavy (non-hydrogen) atoms. The average Bonchev–Trinajstić information content (AvgIpc) is 2.74. The highest BCUT2D eigenvalue weighted by Gasteiger charge is 2.13. The number of hydrogen-bond acceptors (Lipinski definition) is 3. The van der Waals surface area contributed by atoms with Gasteiger partial charge in [0.05, 0.1) is 5.92 Å². The van der Waals surface area contributed by atoms with Gasteiger partial charge in [-0.15, -0.1) is 0 Å². The monoisotopic (exact) mass is 188 g/mol. The molecule has 0 spiro atoms. The van der Waals surface area contributed by atoms with Gasteiger partial charge in [-0.05, 0) is 11.6 Å². The zero-order valence-electron chi connectivity index (χ0n) is 7.72. The average molecular weight is 188 g/mol. The lowest BCUT2D eigenvalue weighted by Crippen LogP contribution is -2.15. The highest BCUT2D eigenvalue weighted by atomic mass is 14.9. The van der Waals surface area contributed by atoms with Crippen LogP contribution in [0.4, 0.5) is 0 Å². The molecule has 1 atom stereocenters. The minimum absolute atomic E-state index is 0.110. The Kier molecular flexibility index (Phi) is 2.55. The molecule has 0 saturated carbocycles. The van der Waals surface area contributed by atoms with Crippen LogP contribution in [0.25, 0.3) is 0 Å². The largest absolute Gasteiger partial charge is 0.348 e. The van der Waals surface area contributed by atoms with Crippen molar-refractivity contribution >= 4 is 0 Å². The maximum atomic E-state index is 5.71. The highest BCUT2D eigenvalue weighted by molar-refractivity contribution is 5.22. The first kappa shape index (κ1) is 8.90. The van der Waals surface area contributed by atoms with Crippen molar-refractivity contribution in [3.63, 3.8) is 0 Å². The van der Waals surface area contributed by atoms with E-state index in [0.717, 1.165) is 11.4 Å². The van der Waals surface area contributed by atoms with Gasteiger partial charge >= 0.3 is 0 Å². The number of aromatic nitrogens is 3. The first-order valence-corrected chi connectivity index (χ1v) is 4.51. The molecule has 1 unspecified atom stereocenters. The molecule has 4 heteroatoms. The Labute approximate surface area is 82.2 Å². The molecule has 3 N–H and O–H groups in total. The van der Waals surface area contributed by atoms with Gasteiger partial charge in [0.2, 0.25) is 0 Å². The molecule has 0 aliphatic rings. The van der Waals surface area contributed by atoms with Crippen LogP contribution in [0.3, 0.4) is 0 Å². The van der Waals surface area contributed by atoms with Crippen LogP contribution in [0.15, 0.2) is 36.9 Å². The quantitative estimate of drug-likeness (QED) is 0.751. The van der Waals surface area contributed by atoms with Crippen molar-refractivity contribution in [2.24, 2.45) is 5.73 Å². The van der Waals surface area contributed by atoms with Crippen molar-refractivity contribution < 1.29 is 0 Å². The summed E-state index contributed by atoms with van der Waals surface area (Å²) in [6, 6.07) is 3.91. The predicted molar refractivity (Wildman–Crippen MR) is 53.7 cm³/mol.